The first-order valence-corrected chi connectivity index (χ1v) is 8.63. The number of rotatable bonds is 3. The summed E-state index contributed by atoms with van der Waals surface area (Å²) in [5, 5.41) is 0.431. The number of hydrogen-bond donors (Lipinski definition) is 1. The number of nitrogens with two attached hydrogens (primary N) is 1. The van der Waals surface area contributed by atoms with Crippen molar-refractivity contribution in [3.05, 3.63) is 46.6 Å². The molecule has 6 nitrogen and oxygen atoms in total. The lowest BCUT2D eigenvalue weighted by Gasteiger charge is -2.28. The van der Waals surface area contributed by atoms with Gasteiger partial charge in [-0.1, -0.05) is 17.7 Å². The highest BCUT2D eigenvalue weighted by Crippen LogP contribution is 2.41. The molecule has 3 heterocycles. The normalized spacial score (nSPS) is 19.1. The minimum absolute atomic E-state index is 0.153. The van der Waals surface area contributed by atoms with Crippen molar-refractivity contribution in [2.24, 2.45) is 5.73 Å². The number of pyridine rings is 1. The van der Waals surface area contributed by atoms with Crippen LogP contribution in [-0.4, -0.2) is 30.6 Å². The molecule has 1 aromatic heterocycles. The van der Waals surface area contributed by atoms with Crippen LogP contribution in [0.15, 0.2) is 30.5 Å². The van der Waals surface area contributed by atoms with Crippen LogP contribution in [-0.2, 0) is 0 Å². The fourth-order valence-corrected chi connectivity index (χ4v) is 3.69. The van der Waals surface area contributed by atoms with Crippen molar-refractivity contribution in [2.75, 3.05) is 24.7 Å². The number of benzene rings is 1. The van der Waals surface area contributed by atoms with Gasteiger partial charge in [0.2, 0.25) is 5.91 Å². The van der Waals surface area contributed by atoms with E-state index in [1.165, 1.54) is 6.20 Å². The van der Waals surface area contributed by atoms with E-state index in [9.17, 15) is 4.79 Å². The number of anilines is 1. The molecular weight excluding hydrogens is 342 g/mol. The van der Waals surface area contributed by atoms with E-state index >= 15 is 0 Å². The Morgan fingerprint density at radius 3 is 2.80 bits per heavy atom. The Labute approximate surface area is 150 Å². The Bertz CT molecular complexity index is 827. The molecule has 2 aliphatic heterocycles. The van der Waals surface area contributed by atoms with E-state index < -0.39 is 5.91 Å². The van der Waals surface area contributed by atoms with Crippen LogP contribution >= 0.6 is 11.6 Å². The van der Waals surface area contributed by atoms with Crippen molar-refractivity contribution in [3.8, 4) is 11.5 Å². The predicted octanol–water partition coefficient (Wildman–Crippen LogP) is 2.95. The fraction of sp³-hybridized carbons (Fsp3) is 0.333. The van der Waals surface area contributed by atoms with Gasteiger partial charge in [-0.05, 0) is 36.6 Å². The second-order valence-corrected chi connectivity index (χ2v) is 6.56. The van der Waals surface area contributed by atoms with Crippen molar-refractivity contribution >= 4 is 23.3 Å². The molecule has 0 radical (unpaired) electrons. The Kier molecular flexibility index (Phi) is 4.13. The molecule has 25 heavy (non-hydrogen) atoms. The van der Waals surface area contributed by atoms with Gasteiger partial charge in [0.15, 0.2) is 11.5 Å². The van der Waals surface area contributed by atoms with Crippen molar-refractivity contribution in [3.63, 3.8) is 0 Å². The van der Waals surface area contributed by atoms with E-state index in [0.29, 0.717) is 29.6 Å². The lowest BCUT2D eigenvalue weighted by Crippen LogP contribution is -2.24. The molecule has 4 rings (SSSR count). The van der Waals surface area contributed by atoms with Gasteiger partial charge in [0.05, 0.1) is 16.6 Å². The first-order valence-electron chi connectivity index (χ1n) is 8.25. The zero-order chi connectivity index (χ0) is 17.4. The van der Waals surface area contributed by atoms with Crippen LogP contribution in [0, 0.1) is 0 Å². The number of carbonyl (C=O) groups is 1. The number of fused-ring (bicyclic) bond motifs is 1. The molecule has 1 amide bonds. The summed E-state index contributed by atoms with van der Waals surface area (Å²) in [5.41, 5.74) is 6.74. The maximum Gasteiger partial charge on any atom is 0.250 e. The Balaban J connectivity index is 1.66. The molecule has 2 N–H and O–H groups in total. The second kappa shape index (κ2) is 6.44. The summed E-state index contributed by atoms with van der Waals surface area (Å²) < 4.78 is 11.3. The summed E-state index contributed by atoms with van der Waals surface area (Å²) in [4.78, 5) is 17.8. The molecule has 0 spiro atoms. The van der Waals surface area contributed by atoms with Crippen LogP contribution in [0.1, 0.15) is 34.8 Å². The maximum atomic E-state index is 11.3. The quantitative estimate of drug-likeness (QED) is 0.911. The highest BCUT2D eigenvalue weighted by molar-refractivity contribution is 6.33. The highest BCUT2D eigenvalue weighted by Gasteiger charge is 2.30. The summed E-state index contributed by atoms with van der Waals surface area (Å²) in [7, 11) is 0. The average Bonchev–Trinajstić information content (AvgIpc) is 3.10. The predicted molar refractivity (Wildman–Crippen MR) is 94.5 cm³/mol. The number of primary amides is 1. The summed E-state index contributed by atoms with van der Waals surface area (Å²) in [6.45, 7) is 1.99. The third-order valence-electron chi connectivity index (χ3n) is 4.58. The highest BCUT2D eigenvalue weighted by atomic mass is 35.5. The standard InChI is InChI=1S/C18H18ClN3O3/c19-13-8-12(17(20)23)10-21-18(13)22-5-1-2-14(22)11-3-4-15-16(9-11)25-7-6-24-15/h3-4,8-10,14H,1-2,5-7H2,(H2,20,23). The fourth-order valence-electron chi connectivity index (χ4n) is 3.41. The molecule has 0 aliphatic carbocycles. The minimum atomic E-state index is -0.536. The van der Waals surface area contributed by atoms with Gasteiger partial charge in [-0.3, -0.25) is 4.79 Å². The molecule has 2 aromatic rings. The molecule has 0 saturated carbocycles. The zero-order valence-electron chi connectivity index (χ0n) is 13.6. The average molecular weight is 360 g/mol. The number of hydrogen-bond acceptors (Lipinski definition) is 5. The second-order valence-electron chi connectivity index (χ2n) is 6.15. The molecule has 1 saturated heterocycles. The third kappa shape index (κ3) is 2.98. The van der Waals surface area contributed by atoms with Gasteiger partial charge < -0.3 is 20.1 Å². The topological polar surface area (TPSA) is 77.7 Å². The van der Waals surface area contributed by atoms with E-state index in [-0.39, 0.29) is 6.04 Å². The van der Waals surface area contributed by atoms with Gasteiger partial charge in [-0.2, -0.15) is 0 Å². The molecule has 1 fully saturated rings. The largest absolute Gasteiger partial charge is 0.486 e. The van der Waals surface area contributed by atoms with E-state index in [1.54, 1.807) is 6.07 Å². The van der Waals surface area contributed by atoms with Crippen LogP contribution < -0.4 is 20.1 Å². The number of amides is 1. The van der Waals surface area contributed by atoms with E-state index in [1.807, 2.05) is 12.1 Å². The first kappa shape index (κ1) is 16.0. The zero-order valence-corrected chi connectivity index (χ0v) is 14.3. The van der Waals surface area contributed by atoms with Crippen LogP contribution in [0.5, 0.6) is 11.5 Å². The number of carbonyl (C=O) groups excluding carboxylic acids is 1. The molecule has 1 aromatic carbocycles. The van der Waals surface area contributed by atoms with Crippen LogP contribution in [0.3, 0.4) is 0 Å². The molecule has 130 valence electrons. The van der Waals surface area contributed by atoms with Crippen LogP contribution in [0.4, 0.5) is 5.82 Å². The number of halogens is 1. The van der Waals surface area contributed by atoms with Gasteiger partial charge in [-0.25, -0.2) is 4.98 Å². The number of aromatic nitrogens is 1. The molecule has 1 atom stereocenters. The molecular formula is C18H18ClN3O3. The van der Waals surface area contributed by atoms with Crippen molar-refractivity contribution in [1.82, 2.24) is 4.98 Å². The Morgan fingerprint density at radius 1 is 1.24 bits per heavy atom. The number of nitrogens with zero attached hydrogens (tertiary/aromatic N) is 2. The molecule has 0 bridgehead atoms. The van der Waals surface area contributed by atoms with Gasteiger partial charge in [-0.15, -0.1) is 0 Å². The summed E-state index contributed by atoms with van der Waals surface area (Å²) in [6.07, 6.45) is 3.51. The monoisotopic (exact) mass is 359 g/mol. The minimum Gasteiger partial charge on any atom is -0.486 e. The number of ether oxygens (including phenoxy) is 2. The van der Waals surface area contributed by atoms with Crippen molar-refractivity contribution < 1.29 is 14.3 Å². The molecule has 1 unspecified atom stereocenters. The van der Waals surface area contributed by atoms with Gasteiger partial charge in [0.25, 0.3) is 0 Å². The summed E-state index contributed by atoms with van der Waals surface area (Å²) in [5.74, 6) is 1.69. The van der Waals surface area contributed by atoms with Crippen molar-refractivity contribution in [2.45, 2.75) is 18.9 Å². The third-order valence-corrected chi connectivity index (χ3v) is 4.86. The molecule has 7 heteroatoms. The smallest absolute Gasteiger partial charge is 0.250 e. The van der Waals surface area contributed by atoms with E-state index in [2.05, 4.69) is 16.0 Å². The van der Waals surface area contributed by atoms with Crippen LogP contribution in [0.25, 0.3) is 0 Å². The van der Waals surface area contributed by atoms with E-state index in [0.717, 1.165) is 36.4 Å². The Hall–Kier alpha value is -2.47. The SMILES string of the molecule is NC(=O)c1cnc(N2CCCC2c2ccc3c(c2)OCCO3)c(Cl)c1. The van der Waals surface area contributed by atoms with E-state index in [4.69, 9.17) is 26.8 Å². The maximum absolute atomic E-state index is 11.3. The van der Waals surface area contributed by atoms with Gasteiger partial charge >= 0.3 is 0 Å². The Morgan fingerprint density at radius 2 is 2.04 bits per heavy atom. The molecule has 2 aliphatic rings. The lowest BCUT2D eigenvalue weighted by atomic mass is 10.0. The first-order chi connectivity index (χ1) is 12.1. The van der Waals surface area contributed by atoms with Gasteiger partial charge in [0.1, 0.15) is 19.0 Å². The van der Waals surface area contributed by atoms with Gasteiger partial charge in [0, 0.05) is 12.7 Å². The lowest BCUT2D eigenvalue weighted by molar-refractivity contribution is 0.1000. The van der Waals surface area contributed by atoms with Crippen LogP contribution in [0.2, 0.25) is 5.02 Å². The summed E-state index contributed by atoms with van der Waals surface area (Å²) in [6, 6.07) is 7.77. The summed E-state index contributed by atoms with van der Waals surface area (Å²) >= 11 is 6.37. The van der Waals surface area contributed by atoms with Crippen molar-refractivity contribution in [1.29, 1.82) is 0 Å².